The molecule has 0 radical (unpaired) electrons. The summed E-state index contributed by atoms with van der Waals surface area (Å²) in [4.78, 5) is 17.6. The van der Waals surface area contributed by atoms with Gasteiger partial charge in [0.25, 0.3) is 0 Å². The maximum absolute atomic E-state index is 8.81. The van der Waals surface area contributed by atoms with E-state index in [-0.39, 0.29) is 0 Å². The number of hydrogen-bond donors (Lipinski definition) is 2. The second-order valence-corrected chi connectivity index (χ2v) is 4.98. The third kappa shape index (κ3) is 6.39. The monoisotopic (exact) mass is 182 g/mol. The van der Waals surface area contributed by atoms with Crippen molar-refractivity contribution in [2.45, 2.75) is 26.3 Å². The predicted molar refractivity (Wildman–Crippen MR) is 42.1 cm³/mol. The molecule has 0 amide bonds. The van der Waals surface area contributed by atoms with E-state index in [1.54, 1.807) is 20.0 Å². The highest BCUT2D eigenvalue weighted by molar-refractivity contribution is 6.42. The fraction of sp³-hybridized carbons (Fsp3) is 1.00. The van der Waals surface area contributed by atoms with Crippen LogP contribution in [0, 0.1) is 0 Å². The first-order valence-electron chi connectivity index (χ1n) is 3.19. The Morgan fingerprint density at radius 1 is 1.10 bits per heavy atom. The van der Waals surface area contributed by atoms with Crippen molar-refractivity contribution < 1.29 is 18.4 Å². The molecule has 10 heavy (non-hydrogen) atoms. The molecular weight excluding hydrogens is 168 g/mol. The van der Waals surface area contributed by atoms with E-state index in [4.69, 9.17) is 18.4 Å². The molecule has 0 aliphatic rings. The van der Waals surface area contributed by atoms with Crippen LogP contribution in [-0.2, 0) is 8.85 Å². The van der Waals surface area contributed by atoms with E-state index in [0.29, 0.717) is 0 Å². The molecule has 0 rings (SSSR count). The van der Waals surface area contributed by atoms with Gasteiger partial charge >= 0.3 is 18.6 Å². The topological polar surface area (TPSA) is 58.9 Å². The summed E-state index contributed by atoms with van der Waals surface area (Å²) < 4.78 is 9.82. The van der Waals surface area contributed by atoms with Crippen molar-refractivity contribution in [2.24, 2.45) is 0 Å². The molecule has 0 saturated heterocycles. The molecule has 0 aromatic rings. The highest BCUT2D eigenvalue weighted by Crippen LogP contribution is 1.95. The van der Waals surface area contributed by atoms with Crippen LogP contribution in [0.2, 0.25) is 13.1 Å². The van der Waals surface area contributed by atoms with E-state index < -0.39 is 24.9 Å². The Labute approximate surface area is 64.1 Å². The van der Waals surface area contributed by atoms with Crippen LogP contribution in [-0.4, -0.2) is 34.4 Å². The van der Waals surface area contributed by atoms with Gasteiger partial charge in [0.2, 0.25) is 0 Å². The number of hydrogen-bond acceptors (Lipinski definition) is 4. The molecule has 0 aliphatic carbocycles. The van der Waals surface area contributed by atoms with Gasteiger partial charge in [0.05, 0.1) is 0 Å². The first kappa shape index (κ1) is 10.3. The van der Waals surface area contributed by atoms with Gasteiger partial charge in [0, 0.05) is 0 Å². The molecule has 4 nitrogen and oxygen atoms in total. The first-order chi connectivity index (χ1) is 4.52. The predicted octanol–water partition coefficient (Wildman–Crippen LogP) is -0.949. The van der Waals surface area contributed by atoms with Crippen LogP contribution in [0.5, 0.6) is 0 Å². The fourth-order valence-electron chi connectivity index (χ4n) is 0.587. The molecule has 0 bridgehead atoms. The van der Waals surface area contributed by atoms with E-state index in [9.17, 15) is 0 Å². The minimum Gasteiger partial charge on any atom is -0.413 e. The molecule has 2 unspecified atom stereocenters. The summed E-state index contributed by atoms with van der Waals surface area (Å²) in [5.74, 6) is 0. The molecule has 0 saturated carbocycles. The SMILES string of the molecule is CC(O[SiH](C)O)O[SiH](C)O. The van der Waals surface area contributed by atoms with Gasteiger partial charge in [0.15, 0.2) is 0 Å². The molecule has 0 heterocycles. The van der Waals surface area contributed by atoms with E-state index in [1.807, 2.05) is 0 Å². The maximum atomic E-state index is 8.81. The van der Waals surface area contributed by atoms with Crippen molar-refractivity contribution in [1.29, 1.82) is 0 Å². The fourth-order valence-corrected chi connectivity index (χ4v) is 1.95. The minimum atomic E-state index is -2.00. The van der Waals surface area contributed by atoms with Crippen molar-refractivity contribution in [3.05, 3.63) is 0 Å². The van der Waals surface area contributed by atoms with Crippen LogP contribution in [0.15, 0.2) is 0 Å². The first-order valence-corrected chi connectivity index (χ1v) is 7.48. The molecule has 0 aliphatic heterocycles. The average molecular weight is 182 g/mol. The highest BCUT2D eigenvalue weighted by atomic mass is 28.3. The van der Waals surface area contributed by atoms with Crippen LogP contribution in [0.4, 0.5) is 0 Å². The molecular formula is C4H14O4Si2. The standard InChI is InChI=1S/C4H14O4Si2/c1-4(7-9(2)5)8-10(3)6/h4-6,9-10H,1-3H3. The Bertz CT molecular complexity index is 77.3. The third-order valence-electron chi connectivity index (χ3n) is 0.777. The van der Waals surface area contributed by atoms with Crippen LogP contribution in [0.25, 0.3) is 0 Å². The minimum absolute atomic E-state index is 0.460. The van der Waals surface area contributed by atoms with E-state index >= 15 is 0 Å². The van der Waals surface area contributed by atoms with Crippen molar-refractivity contribution in [3.8, 4) is 0 Å². The lowest BCUT2D eigenvalue weighted by Crippen LogP contribution is -2.28. The van der Waals surface area contributed by atoms with E-state index in [2.05, 4.69) is 0 Å². The van der Waals surface area contributed by atoms with Crippen molar-refractivity contribution in [1.82, 2.24) is 0 Å². The van der Waals surface area contributed by atoms with Gasteiger partial charge in [-0.2, -0.15) is 0 Å². The lowest BCUT2D eigenvalue weighted by molar-refractivity contribution is -0.00640. The highest BCUT2D eigenvalue weighted by Gasteiger charge is 2.10. The second-order valence-electron chi connectivity index (χ2n) is 2.04. The lowest BCUT2D eigenvalue weighted by Gasteiger charge is -2.16. The maximum Gasteiger partial charge on any atom is 0.317 e. The normalized spacial score (nSPS) is 20.1. The summed E-state index contributed by atoms with van der Waals surface area (Å²) in [6, 6.07) is 0. The van der Waals surface area contributed by atoms with Crippen LogP contribution >= 0.6 is 0 Å². The summed E-state index contributed by atoms with van der Waals surface area (Å²) in [5, 5.41) is 0. The summed E-state index contributed by atoms with van der Waals surface area (Å²) in [6.07, 6.45) is -0.460. The van der Waals surface area contributed by atoms with E-state index in [1.165, 1.54) is 0 Å². The zero-order valence-electron chi connectivity index (χ0n) is 6.44. The third-order valence-corrected chi connectivity index (χ3v) is 2.33. The average Bonchev–Trinajstić information content (AvgIpc) is 1.58. The Morgan fingerprint density at radius 2 is 1.40 bits per heavy atom. The lowest BCUT2D eigenvalue weighted by atomic mass is 10.8. The van der Waals surface area contributed by atoms with Crippen LogP contribution in [0.1, 0.15) is 6.92 Å². The van der Waals surface area contributed by atoms with Crippen molar-refractivity contribution in [2.75, 3.05) is 0 Å². The van der Waals surface area contributed by atoms with Crippen molar-refractivity contribution in [3.63, 3.8) is 0 Å². The van der Waals surface area contributed by atoms with Gasteiger partial charge < -0.3 is 18.4 Å². The molecule has 62 valence electrons. The molecule has 0 aromatic heterocycles. The summed E-state index contributed by atoms with van der Waals surface area (Å²) in [7, 11) is -4.00. The largest absolute Gasteiger partial charge is 0.413 e. The zero-order valence-corrected chi connectivity index (χ0v) is 8.75. The van der Waals surface area contributed by atoms with Crippen molar-refractivity contribution >= 4 is 18.6 Å². The molecule has 2 N–H and O–H groups in total. The van der Waals surface area contributed by atoms with Crippen LogP contribution in [0.3, 0.4) is 0 Å². The smallest absolute Gasteiger partial charge is 0.317 e. The molecule has 0 aromatic carbocycles. The Kier molecular flexibility index (Phi) is 5.13. The Hall–Kier alpha value is 0.274. The summed E-state index contributed by atoms with van der Waals surface area (Å²) >= 11 is 0. The number of rotatable bonds is 4. The zero-order chi connectivity index (χ0) is 8.15. The molecule has 0 fully saturated rings. The van der Waals surface area contributed by atoms with Gasteiger partial charge in [-0.25, -0.2) is 0 Å². The second kappa shape index (κ2) is 4.99. The van der Waals surface area contributed by atoms with Gasteiger partial charge in [-0.1, -0.05) is 0 Å². The van der Waals surface area contributed by atoms with Gasteiger partial charge in [0.1, 0.15) is 6.29 Å². The van der Waals surface area contributed by atoms with Gasteiger partial charge in [-0.3, -0.25) is 0 Å². The summed E-state index contributed by atoms with van der Waals surface area (Å²) in [5.41, 5.74) is 0. The van der Waals surface area contributed by atoms with Crippen LogP contribution < -0.4 is 0 Å². The Morgan fingerprint density at radius 3 is 1.60 bits per heavy atom. The molecule has 2 atom stereocenters. The Balaban J connectivity index is 3.34. The molecule has 6 heteroatoms. The van der Waals surface area contributed by atoms with Gasteiger partial charge in [-0.15, -0.1) is 0 Å². The quantitative estimate of drug-likeness (QED) is 0.435. The van der Waals surface area contributed by atoms with Gasteiger partial charge in [-0.05, 0) is 20.0 Å². The summed E-state index contributed by atoms with van der Waals surface area (Å²) in [6.45, 7) is 4.92. The van der Waals surface area contributed by atoms with E-state index in [0.717, 1.165) is 0 Å². The molecule has 0 spiro atoms.